The predicted octanol–water partition coefficient (Wildman–Crippen LogP) is 3.96. The zero-order valence-electron chi connectivity index (χ0n) is 13.3. The number of pyridine rings is 1. The first-order chi connectivity index (χ1) is 12.9. The Balaban J connectivity index is 1.78. The summed E-state index contributed by atoms with van der Waals surface area (Å²) in [6, 6.07) is 8.61. The molecule has 3 aromatic heterocycles. The van der Waals surface area contributed by atoms with Crippen LogP contribution in [0.2, 0.25) is 0 Å². The molecule has 0 amide bonds. The van der Waals surface area contributed by atoms with Crippen molar-refractivity contribution >= 4 is 48.3 Å². The van der Waals surface area contributed by atoms with Crippen LogP contribution in [0.1, 0.15) is 0 Å². The van der Waals surface area contributed by atoms with E-state index in [1.807, 2.05) is 12.1 Å². The highest BCUT2D eigenvalue weighted by molar-refractivity contribution is 9.10. The lowest BCUT2D eigenvalue weighted by molar-refractivity contribution is -0.385. The summed E-state index contributed by atoms with van der Waals surface area (Å²) in [4.78, 5) is 14.4. The van der Waals surface area contributed by atoms with Gasteiger partial charge in [-0.05, 0) is 18.2 Å². The Kier molecular flexibility index (Phi) is 4.29. The number of hydrogen-bond acceptors (Lipinski definition) is 7. The van der Waals surface area contributed by atoms with Crippen LogP contribution in [-0.4, -0.2) is 27.9 Å². The van der Waals surface area contributed by atoms with Gasteiger partial charge in [0.1, 0.15) is 0 Å². The summed E-state index contributed by atoms with van der Waals surface area (Å²) < 4.78 is 28.0. The van der Waals surface area contributed by atoms with E-state index in [1.54, 1.807) is 22.3 Å². The van der Waals surface area contributed by atoms with E-state index in [4.69, 9.17) is 0 Å². The van der Waals surface area contributed by atoms with Gasteiger partial charge in [-0.2, -0.15) is 5.10 Å². The third-order valence-corrected chi connectivity index (χ3v) is 7.31. The molecule has 11 heteroatoms. The van der Waals surface area contributed by atoms with Gasteiger partial charge in [0.2, 0.25) is 14.2 Å². The molecule has 0 radical (unpaired) electrons. The molecule has 4 rings (SSSR count). The van der Waals surface area contributed by atoms with Crippen molar-refractivity contribution in [3.8, 4) is 11.3 Å². The summed E-state index contributed by atoms with van der Waals surface area (Å²) in [7, 11) is -3.96. The van der Waals surface area contributed by atoms with Crippen LogP contribution in [0.5, 0.6) is 0 Å². The Morgan fingerprint density at radius 3 is 2.81 bits per heavy atom. The van der Waals surface area contributed by atoms with Crippen molar-refractivity contribution in [3.05, 3.63) is 68.8 Å². The van der Waals surface area contributed by atoms with Gasteiger partial charge in [-0.25, -0.2) is 17.9 Å². The van der Waals surface area contributed by atoms with Crippen molar-refractivity contribution in [2.45, 2.75) is 9.24 Å². The van der Waals surface area contributed by atoms with Crippen LogP contribution in [-0.2, 0) is 9.84 Å². The fraction of sp³-hybridized carbons (Fsp3) is 0. The highest BCUT2D eigenvalue weighted by Crippen LogP contribution is 2.32. The van der Waals surface area contributed by atoms with Crippen molar-refractivity contribution in [1.82, 2.24) is 14.6 Å². The van der Waals surface area contributed by atoms with Gasteiger partial charge in [0.05, 0.1) is 27.2 Å². The van der Waals surface area contributed by atoms with Crippen LogP contribution in [0.4, 0.5) is 5.69 Å². The lowest BCUT2D eigenvalue weighted by atomic mass is 10.2. The average Bonchev–Trinajstić information content (AvgIpc) is 3.28. The van der Waals surface area contributed by atoms with Gasteiger partial charge in [-0.3, -0.25) is 10.1 Å². The zero-order chi connectivity index (χ0) is 19.2. The highest BCUT2D eigenvalue weighted by atomic mass is 79.9. The summed E-state index contributed by atoms with van der Waals surface area (Å²) in [6.07, 6.45) is 3.39. The number of rotatable bonds is 4. The van der Waals surface area contributed by atoms with Crippen molar-refractivity contribution in [2.75, 3.05) is 0 Å². The van der Waals surface area contributed by atoms with Crippen LogP contribution >= 0.6 is 27.3 Å². The molecule has 1 aromatic carbocycles. The number of benzene rings is 1. The van der Waals surface area contributed by atoms with E-state index in [-0.39, 0.29) is 14.9 Å². The number of hydrogen-bond donors (Lipinski definition) is 0. The van der Waals surface area contributed by atoms with Crippen LogP contribution in [0.15, 0.2) is 67.9 Å². The lowest BCUT2D eigenvalue weighted by Crippen LogP contribution is -2.02. The molecule has 0 unspecified atom stereocenters. The Bertz CT molecular complexity index is 1300. The smallest absolute Gasteiger partial charge is 0.258 e. The number of nitrogens with zero attached hydrogens (tertiary/aromatic N) is 4. The van der Waals surface area contributed by atoms with Gasteiger partial charge in [0, 0.05) is 33.7 Å². The summed E-state index contributed by atoms with van der Waals surface area (Å²) in [5.41, 5.74) is 1.64. The topological polar surface area (TPSA) is 107 Å². The minimum atomic E-state index is -3.96. The molecule has 0 saturated carbocycles. The van der Waals surface area contributed by atoms with E-state index in [0.29, 0.717) is 11.3 Å². The molecule has 0 aliphatic rings. The molecule has 136 valence electrons. The second kappa shape index (κ2) is 6.51. The molecule has 0 bridgehead atoms. The van der Waals surface area contributed by atoms with Gasteiger partial charge in [-0.15, -0.1) is 11.3 Å². The van der Waals surface area contributed by atoms with Crippen LogP contribution in [0.3, 0.4) is 0 Å². The molecule has 0 aliphatic carbocycles. The van der Waals surface area contributed by atoms with Crippen LogP contribution < -0.4 is 0 Å². The number of thiazole rings is 1. The molecule has 0 spiro atoms. The minimum Gasteiger partial charge on any atom is -0.258 e. The molecular weight excluding hydrogens is 456 g/mol. The summed E-state index contributed by atoms with van der Waals surface area (Å²) in [5, 5.41) is 16.8. The fourth-order valence-electron chi connectivity index (χ4n) is 2.52. The minimum absolute atomic E-state index is 0.132. The van der Waals surface area contributed by atoms with E-state index in [9.17, 15) is 18.5 Å². The van der Waals surface area contributed by atoms with Gasteiger partial charge in [0.25, 0.3) is 5.69 Å². The first-order valence-corrected chi connectivity index (χ1v) is 10.6. The molecule has 3 heterocycles. The van der Waals surface area contributed by atoms with Crippen LogP contribution in [0.25, 0.3) is 16.8 Å². The molecule has 8 nitrogen and oxygen atoms in total. The number of nitro groups is 1. The van der Waals surface area contributed by atoms with E-state index in [2.05, 4.69) is 26.0 Å². The molecule has 0 saturated heterocycles. The Hall–Kier alpha value is -2.63. The Labute approximate surface area is 165 Å². The SMILES string of the molecule is O=[N+]([O-])c1cccc(S(=O)(=O)c2nc(-c3cnn4ccc(Br)cc34)cs2)c1. The number of aromatic nitrogens is 3. The maximum absolute atomic E-state index is 12.8. The van der Waals surface area contributed by atoms with Crippen molar-refractivity contribution in [1.29, 1.82) is 0 Å². The number of sulfone groups is 1. The molecule has 0 fully saturated rings. The van der Waals surface area contributed by atoms with Gasteiger partial charge < -0.3 is 0 Å². The predicted molar refractivity (Wildman–Crippen MR) is 103 cm³/mol. The molecule has 27 heavy (non-hydrogen) atoms. The maximum Gasteiger partial charge on any atom is 0.270 e. The monoisotopic (exact) mass is 464 g/mol. The molecule has 0 N–H and O–H groups in total. The number of fused-ring (bicyclic) bond motifs is 1. The Morgan fingerprint density at radius 2 is 2.04 bits per heavy atom. The number of non-ortho nitro benzene ring substituents is 1. The van der Waals surface area contributed by atoms with Crippen molar-refractivity contribution in [3.63, 3.8) is 0 Å². The second-order valence-electron chi connectivity index (χ2n) is 5.49. The molecule has 0 atom stereocenters. The highest BCUT2D eigenvalue weighted by Gasteiger charge is 2.24. The van der Waals surface area contributed by atoms with E-state index < -0.39 is 14.8 Å². The van der Waals surface area contributed by atoms with Crippen LogP contribution in [0, 0.1) is 10.1 Å². The van der Waals surface area contributed by atoms with E-state index in [0.717, 1.165) is 27.4 Å². The van der Waals surface area contributed by atoms with E-state index in [1.165, 1.54) is 18.2 Å². The molecule has 0 aliphatic heterocycles. The normalized spacial score (nSPS) is 11.7. The third-order valence-electron chi connectivity index (χ3n) is 3.81. The number of nitro benzene ring substituents is 1. The zero-order valence-corrected chi connectivity index (χ0v) is 16.5. The molecule has 4 aromatic rings. The Morgan fingerprint density at radius 1 is 1.22 bits per heavy atom. The molecular formula is C16H9BrN4O4S2. The average molecular weight is 465 g/mol. The summed E-state index contributed by atoms with van der Waals surface area (Å²) in [5.74, 6) is 0. The standard InChI is InChI=1S/C16H9BrN4O4S2/c17-10-4-5-20-15(6-10)13(8-18-20)14-9-26-16(19-14)27(24,25)12-3-1-2-11(7-12)21(22)23/h1-9H. The quantitative estimate of drug-likeness (QED) is 0.334. The first kappa shape index (κ1) is 17.8. The third kappa shape index (κ3) is 3.13. The van der Waals surface area contributed by atoms with Crippen molar-refractivity contribution in [2.24, 2.45) is 0 Å². The van der Waals surface area contributed by atoms with Gasteiger partial charge in [0.15, 0.2) is 0 Å². The number of halogens is 1. The maximum atomic E-state index is 12.8. The second-order valence-corrected chi connectivity index (χ2v) is 9.39. The fourth-order valence-corrected chi connectivity index (χ4v) is 5.29. The lowest BCUT2D eigenvalue weighted by Gasteiger charge is -2.00. The van der Waals surface area contributed by atoms with Crippen molar-refractivity contribution < 1.29 is 13.3 Å². The largest absolute Gasteiger partial charge is 0.270 e. The van der Waals surface area contributed by atoms with Gasteiger partial charge >= 0.3 is 0 Å². The first-order valence-electron chi connectivity index (χ1n) is 7.44. The van der Waals surface area contributed by atoms with Gasteiger partial charge in [-0.1, -0.05) is 22.0 Å². The summed E-state index contributed by atoms with van der Waals surface area (Å²) in [6.45, 7) is 0. The van der Waals surface area contributed by atoms with E-state index >= 15 is 0 Å². The summed E-state index contributed by atoms with van der Waals surface area (Å²) >= 11 is 4.36.